The molecule has 0 saturated carbocycles. The van der Waals surface area contributed by atoms with Gasteiger partial charge in [-0.15, -0.1) is 0 Å². The zero-order chi connectivity index (χ0) is 22.7. The van der Waals surface area contributed by atoms with Crippen LogP contribution in [0.15, 0.2) is 54.1 Å². The maximum atomic E-state index is 13.4. The van der Waals surface area contributed by atoms with Crippen molar-refractivity contribution in [2.45, 2.75) is 6.04 Å². The molecular weight excluding hydrogens is 415 g/mol. The summed E-state index contributed by atoms with van der Waals surface area (Å²) < 4.78 is 24.1. The molecule has 8 heteroatoms. The van der Waals surface area contributed by atoms with Crippen molar-refractivity contribution in [2.75, 3.05) is 46.5 Å². The van der Waals surface area contributed by atoms with Crippen LogP contribution in [0.1, 0.15) is 17.2 Å². The van der Waals surface area contributed by atoms with Crippen molar-refractivity contribution in [3.05, 3.63) is 71.0 Å². The first-order valence-electron chi connectivity index (χ1n) is 10.5. The van der Waals surface area contributed by atoms with E-state index in [4.69, 9.17) is 9.47 Å². The van der Waals surface area contributed by atoms with Crippen molar-refractivity contribution < 1.29 is 28.6 Å². The van der Waals surface area contributed by atoms with Crippen LogP contribution in [0.4, 0.5) is 4.39 Å². The van der Waals surface area contributed by atoms with E-state index in [-0.39, 0.29) is 16.9 Å². The molecule has 1 N–H and O–H groups in total. The van der Waals surface area contributed by atoms with E-state index in [0.29, 0.717) is 37.6 Å². The van der Waals surface area contributed by atoms with Gasteiger partial charge in [0.1, 0.15) is 17.3 Å². The molecule has 2 saturated heterocycles. The normalized spacial score (nSPS) is 21.2. The molecule has 0 unspecified atom stereocenters. The molecule has 2 heterocycles. The maximum Gasteiger partial charge on any atom is 0.295 e. The largest absolute Gasteiger partial charge is 0.507 e. The number of morpholine rings is 1. The Balaban J connectivity index is 1.74. The molecule has 0 radical (unpaired) electrons. The van der Waals surface area contributed by atoms with Crippen LogP contribution < -0.4 is 4.74 Å². The lowest BCUT2D eigenvalue weighted by atomic mass is 9.95. The van der Waals surface area contributed by atoms with Crippen molar-refractivity contribution in [1.29, 1.82) is 0 Å². The molecule has 2 aromatic rings. The Labute approximate surface area is 185 Å². The SMILES string of the molecule is COc1cccc([C@H]2C(=C(O)c3ccc(F)cc3)C(=O)C(=O)N2CCN2CCOCC2)c1. The summed E-state index contributed by atoms with van der Waals surface area (Å²) >= 11 is 0. The number of aliphatic hydroxyl groups excluding tert-OH is 1. The topological polar surface area (TPSA) is 79.3 Å². The summed E-state index contributed by atoms with van der Waals surface area (Å²) in [5.74, 6) is -1.65. The van der Waals surface area contributed by atoms with Gasteiger partial charge in [-0.1, -0.05) is 12.1 Å². The van der Waals surface area contributed by atoms with Gasteiger partial charge in [0.2, 0.25) is 0 Å². The second kappa shape index (κ2) is 9.50. The van der Waals surface area contributed by atoms with Crippen LogP contribution in [0.5, 0.6) is 5.75 Å². The Morgan fingerprint density at radius 1 is 1.12 bits per heavy atom. The number of amides is 1. The second-order valence-electron chi connectivity index (χ2n) is 7.73. The fourth-order valence-electron chi connectivity index (χ4n) is 4.11. The summed E-state index contributed by atoms with van der Waals surface area (Å²) in [6.07, 6.45) is 0. The lowest BCUT2D eigenvalue weighted by Crippen LogP contribution is -2.42. The standard InChI is InChI=1S/C24H25FN2O5/c1-31-19-4-2-3-17(15-19)21-20(22(28)16-5-7-18(25)8-6-16)23(29)24(30)27(21)10-9-26-11-13-32-14-12-26/h2-8,15,21,28H,9-14H2,1H3/t21-/m0/s1. The van der Waals surface area contributed by atoms with Gasteiger partial charge < -0.3 is 19.5 Å². The third kappa shape index (κ3) is 4.37. The van der Waals surface area contributed by atoms with E-state index >= 15 is 0 Å². The van der Waals surface area contributed by atoms with Crippen LogP contribution in [0.3, 0.4) is 0 Å². The monoisotopic (exact) mass is 440 g/mol. The summed E-state index contributed by atoms with van der Waals surface area (Å²) in [7, 11) is 1.53. The number of nitrogens with zero attached hydrogens (tertiary/aromatic N) is 2. The molecule has 0 aromatic heterocycles. The number of hydrogen-bond donors (Lipinski definition) is 1. The van der Waals surface area contributed by atoms with E-state index in [1.807, 2.05) is 0 Å². The fourth-order valence-corrected chi connectivity index (χ4v) is 4.11. The van der Waals surface area contributed by atoms with Gasteiger partial charge in [0, 0.05) is 31.7 Å². The number of rotatable bonds is 6. The number of carbonyl (C=O) groups is 2. The van der Waals surface area contributed by atoms with Crippen LogP contribution in [0.25, 0.3) is 5.76 Å². The number of aliphatic hydroxyl groups is 1. The molecule has 0 aliphatic carbocycles. The van der Waals surface area contributed by atoms with E-state index < -0.39 is 23.5 Å². The quantitative estimate of drug-likeness (QED) is 0.423. The van der Waals surface area contributed by atoms with Gasteiger partial charge in [-0.3, -0.25) is 14.5 Å². The predicted octanol–water partition coefficient (Wildman–Crippen LogP) is 2.59. The Kier molecular flexibility index (Phi) is 6.53. The highest BCUT2D eigenvalue weighted by Crippen LogP contribution is 2.40. The fraction of sp³-hybridized carbons (Fsp3) is 0.333. The van der Waals surface area contributed by atoms with Crippen molar-refractivity contribution in [3.8, 4) is 5.75 Å². The van der Waals surface area contributed by atoms with E-state index in [2.05, 4.69) is 4.90 Å². The van der Waals surface area contributed by atoms with Crippen LogP contribution >= 0.6 is 0 Å². The summed E-state index contributed by atoms with van der Waals surface area (Å²) in [5.41, 5.74) is 0.900. The molecule has 1 atom stereocenters. The lowest BCUT2D eigenvalue weighted by molar-refractivity contribution is -0.140. The van der Waals surface area contributed by atoms with Crippen LogP contribution in [0, 0.1) is 5.82 Å². The molecule has 2 aromatic carbocycles. The average Bonchev–Trinajstić information content (AvgIpc) is 3.08. The molecule has 32 heavy (non-hydrogen) atoms. The van der Waals surface area contributed by atoms with Crippen LogP contribution in [-0.4, -0.2) is 73.1 Å². The van der Waals surface area contributed by atoms with E-state index in [9.17, 15) is 19.1 Å². The number of ketones is 1. The molecule has 2 fully saturated rings. The zero-order valence-corrected chi connectivity index (χ0v) is 17.8. The van der Waals surface area contributed by atoms with Gasteiger partial charge in [-0.25, -0.2) is 4.39 Å². The maximum absolute atomic E-state index is 13.4. The second-order valence-corrected chi connectivity index (χ2v) is 7.73. The van der Waals surface area contributed by atoms with Crippen LogP contribution in [0.2, 0.25) is 0 Å². The first-order chi connectivity index (χ1) is 15.5. The van der Waals surface area contributed by atoms with Gasteiger partial charge in [0.15, 0.2) is 0 Å². The predicted molar refractivity (Wildman–Crippen MR) is 116 cm³/mol. The zero-order valence-electron chi connectivity index (χ0n) is 17.8. The summed E-state index contributed by atoms with van der Waals surface area (Å²) in [4.78, 5) is 29.7. The van der Waals surface area contributed by atoms with Crippen molar-refractivity contribution >= 4 is 17.4 Å². The number of methoxy groups -OCH3 is 1. The van der Waals surface area contributed by atoms with Gasteiger partial charge in [0.25, 0.3) is 11.7 Å². The number of carbonyl (C=O) groups excluding carboxylic acids is 2. The molecule has 2 aliphatic heterocycles. The number of halogens is 1. The molecule has 0 spiro atoms. The first kappa shape index (κ1) is 22.0. The van der Waals surface area contributed by atoms with Gasteiger partial charge in [-0.05, 0) is 42.0 Å². The van der Waals surface area contributed by atoms with Gasteiger partial charge in [0.05, 0.1) is 31.9 Å². The summed E-state index contributed by atoms with van der Waals surface area (Å²) in [6.45, 7) is 3.65. The number of hydrogen-bond acceptors (Lipinski definition) is 6. The van der Waals surface area contributed by atoms with Crippen molar-refractivity contribution in [3.63, 3.8) is 0 Å². The summed E-state index contributed by atoms with van der Waals surface area (Å²) in [6, 6.07) is 11.5. The number of Topliss-reactive ketones (excluding diaryl/α,β-unsaturated/α-hetero) is 1. The number of likely N-dealkylation sites (tertiary alicyclic amines) is 1. The third-order valence-electron chi connectivity index (χ3n) is 5.83. The Hall–Kier alpha value is -3.23. The summed E-state index contributed by atoms with van der Waals surface area (Å²) in [5, 5.41) is 11.0. The van der Waals surface area contributed by atoms with Gasteiger partial charge in [-0.2, -0.15) is 0 Å². The van der Waals surface area contributed by atoms with E-state index in [1.54, 1.807) is 24.3 Å². The first-order valence-corrected chi connectivity index (χ1v) is 10.5. The highest BCUT2D eigenvalue weighted by atomic mass is 19.1. The average molecular weight is 440 g/mol. The molecule has 0 bridgehead atoms. The minimum atomic E-state index is -0.781. The highest BCUT2D eigenvalue weighted by Gasteiger charge is 2.46. The van der Waals surface area contributed by atoms with Crippen molar-refractivity contribution in [1.82, 2.24) is 9.80 Å². The number of benzene rings is 2. The lowest BCUT2D eigenvalue weighted by Gasteiger charge is -2.31. The molecule has 168 valence electrons. The van der Waals surface area contributed by atoms with Crippen molar-refractivity contribution in [2.24, 2.45) is 0 Å². The Morgan fingerprint density at radius 2 is 1.84 bits per heavy atom. The molecule has 1 amide bonds. The van der Waals surface area contributed by atoms with E-state index in [1.165, 1.54) is 36.3 Å². The Morgan fingerprint density at radius 3 is 2.53 bits per heavy atom. The van der Waals surface area contributed by atoms with Crippen LogP contribution in [-0.2, 0) is 14.3 Å². The minimum absolute atomic E-state index is 0.0168. The molecule has 4 rings (SSSR count). The third-order valence-corrected chi connectivity index (χ3v) is 5.83. The number of ether oxygens (including phenoxy) is 2. The molecular formula is C24H25FN2O5. The Bertz CT molecular complexity index is 1030. The van der Waals surface area contributed by atoms with Gasteiger partial charge >= 0.3 is 0 Å². The smallest absolute Gasteiger partial charge is 0.295 e. The molecule has 2 aliphatic rings. The van der Waals surface area contributed by atoms with E-state index in [0.717, 1.165) is 13.1 Å². The highest BCUT2D eigenvalue weighted by molar-refractivity contribution is 6.46. The minimum Gasteiger partial charge on any atom is -0.507 e. The molecule has 7 nitrogen and oxygen atoms in total.